The van der Waals surface area contributed by atoms with Crippen LogP contribution in [0, 0.1) is 5.92 Å². The van der Waals surface area contributed by atoms with Gasteiger partial charge in [-0.25, -0.2) is 0 Å². The molecule has 4 nitrogen and oxygen atoms in total. The minimum Gasteiger partial charge on any atom is -0.329 e. The van der Waals surface area contributed by atoms with Crippen molar-refractivity contribution in [3.8, 4) is 0 Å². The maximum Gasteiger partial charge on any atom is 0.246 e. The van der Waals surface area contributed by atoms with Gasteiger partial charge in [0, 0.05) is 12.6 Å². The quantitative estimate of drug-likeness (QED) is 0.621. The fraction of sp³-hybridized carbons (Fsp3) is 0.846. The highest BCUT2D eigenvalue weighted by Crippen LogP contribution is 2.44. The second-order valence-corrected chi connectivity index (χ2v) is 5.94. The summed E-state index contributed by atoms with van der Waals surface area (Å²) >= 11 is 0. The maximum atomic E-state index is 12.4. The van der Waals surface area contributed by atoms with Gasteiger partial charge in [0.15, 0.2) is 0 Å². The average molecular weight is 234 g/mol. The van der Waals surface area contributed by atoms with E-state index in [1.807, 2.05) is 4.90 Å². The van der Waals surface area contributed by atoms with Crippen LogP contribution in [-0.4, -0.2) is 46.3 Å². The molecule has 4 heteroatoms. The van der Waals surface area contributed by atoms with Crippen LogP contribution >= 0.6 is 0 Å². The molecule has 92 valence electrons. The van der Waals surface area contributed by atoms with Crippen molar-refractivity contribution in [3.63, 3.8) is 0 Å². The summed E-state index contributed by atoms with van der Waals surface area (Å²) in [5, 5.41) is 0. The topological polar surface area (TPSA) is 40.6 Å². The van der Waals surface area contributed by atoms with Crippen LogP contribution in [0.4, 0.5) is 0 Å². The molecule has 0 aromatic heterocycles. The van der Waals surface area contributed by atoms with E-state index in [2.05, 4.69) is 0 Å². The van der Waals surface area contributed by atoms with Gasteiger partial charge < -0.3 is 9.80 Å². The molecule has 0 aromatic carbocycles. The zero-order valence-electron chi connectivity index (χ0n) is 9.97. The van der Waals surface area contributed by atoms with E-state index >= 15 is 0 Å². The molecule has 0 spiro atoms. The lowest BCUT2D eigenvalue weighted by atomic mass is 9.85. The largest absolute Gasteiger partial charge is 0.329 e. The number of amides is 2. The Morgan fingerprint density at radius 2 is 1.76 bits per heavy atom. The van der Waals surface area contributed by atoms with E-state index in [1.54, 1.807) is 4.90 Å². The van der Waals surface area contributed by atoms with E-state index in [0.717, 1.165) is 25.8 Å². The molecule has 3 heterocycles. The summed E-state index contributed by atoms with van der Waals surface area (Å²) in [4.78, 5) is 28.5. The molecular weight excluding hydrogens is 216 g/mol. The van der Waals surface area contributed by atoms with E-state index in [1.165, 1.54) is 19.3 Å². The highest BCUT2D eigenvalue weighted by atomic mass is 16.2. The van der Waals surface area contributed by atoms with Gasteiger partial charge >= 0.3 is 0 Å². The standard InChI is InChI=1S/C13H18N2O2/c16-12-11-7-8-3-1-2-4-9(8)15(11)13(17)10-5-6-14(10)12/h8-11H,1-7H2/t8-,9-,10-,11-/m0/s1. The number of fused-ring (bicyclic) bond motifs is 4. The van der Waals surface area contributed by atoms with E-state index in [-0.39, 0.29) is 23.9 Å². The van der Waals surface area contributed by atoms with Crippen LogP contribution in [0.2, 0.25) is 0 Å². The molecule has 3 aliphatic heterocycles. The van der Waals surface area contributed by atoms with Gasteiger partial charge in [0.05, 0.1) is 0 Å². The second kappa shape index (κ2) is 3.24. The fourth-order valence-corrected chi connectivity index (χ4v) is 4.27. The highest BCUT2D eigenvalue weighted by molar-refractivity contribution is 5.99. The first-order chi connectivity index (χ1) is 8.27. The van der Waals surface area contributed by atoms with Crippen LogP contribution < -0.4 is 0 Å². The Balaban J connectivity index is 1.69. The Hall–Kier alpha value is -1.06. The van der Waals surface area contributed by atoms with Crippen molar-refractivity contribution in [1.29, 1.82) is 0 Å². The highest BCUT2D eigenvalue weighted by Gasteiger charge is 2.57. The molecule has 0 bridgehead atoms. The van der Waals surface area contributed by atoms with Crippen LogP contribution in [0.1, 0.15) is 38.5 Å². The average Bonchev–Trinajstić information content (AvgIpc) is 2.65. The first-order valence-electron chi connectivity index (χ1n) is 6.90. The lowest BCUT2D eigenvalue weighted by molar-refractivity contribution is -0.169. The minimum absolute atomic E-state index is 0.0978. The molecule has 4 atom stereocenters. The molecule has 3 saturated heterocycles. The smallest absolute Gasteiger partial charge is 0.246 e. The predicted molar refractivity (Wildman–Crippen MR) is 61.1 cm³/mol. The van der Waals surface area contributed by atoms with Crippen LogP contribution in [0.25, 0.3) is 0 Å². The van der Waals surface area contributed by atoms with Gasteiger partial charge in [0.1, 0.15) is 12.1 Å². The summed E-state index contributed by atoms with van der Waals surface area (Å²) < 4.78 is 0. The fourth-order valence-electron chi connectivity index (χ4n) is 4.27. The van der Waals surface area contributed by atoms with Crippen LogP contribution in [0.3, 0.4) is 0 Å². The molecule has 0 aromatic rings. The zero-order chi connectivity index (χ0) is 11.6. The molecule has 0 unspecified atom stereocenters. The van der Waals surface area contributed by atoms with Crippen LogP contribution in [0.15, 0.2) is 0 Å². The van der Waals surface area contributed by atoms with Crippen molar-refractivity contribution in [1.82, 2.24) is 9.80 Å². The normalized spacial score (nSPS) is 44.0. The van der Waals surface area contributed by atoms with Crippen molar-refractivity contribution in [3.05, 3.63) is 0 Å². The molecular formula is C13H18N2O2. The summed E-state index contributed by atoms with van der Waals surface area (Å²) in [5.74, 6) is 1.07. The number of hydrogen-bond acceptors (Lipinski definition) is 2. The Bertz CT molecular complexity index is 395. The third-order valence-electron chi connectivity index (χ3n) is 5.22. The second-order valence-electron chi connectivity index (χ2n) is 5.94. The maximum absolute atomic E-state index is 12.4. The number of carbonyl (C=O) groups excluding carboxylic acids is 2. The van der Waals surface area contributed by atoms with Crippen LogP contribution in [-0.2, 0) is 9.59 Å². The molecule has 0 radical (unpaired) electrons. The molecule has 4 aliphatic rings. The van der Waals surface area contributed by atoms with Gasteiger partial charge in [-0.3, -0.25) is 9.59 Å². The number of carbonyl (C=O) groups is 2. The Labute approximate surface area is 101 Å². The Morgan fingerprint density at radius 1 is 0.941 bits per heavy atom. The number of piperazine rings is 1. The van der Waals surface area contributed by atoms with Gasteiger partial charge in [-0.2, -0.15) is 0 Å². The molecule has 4 fully saturated rings. The molecule has 2 amide bonds. The Morgan fingerprint density at radius 3 is 2.53 bits per heavy atom. The molecule has 17 heavy (non-hydrogen) atoms. The predicted octanol–water partition coefficient (Wildman–Crippen LogP) is 0.761. The van der Waals surface area contributed by atoms with Gasteiger partial charge in [0.2, 0.25) is 11.8 Å². The lowest BCUT2D eigenvalue weighted by Gasteiger charge is -2.50. The van der Waals surface area contributed by atoms with Crippen LogP contribution in [0.5, 0.6) is 0 Å². The third-order valence-corrected chi connectivity index (χ3v) is 5.22. The lowest BCUT2D eigenvalue weighted by Crippen LogP contribution is -2.69. The third kappa shape index (κ3) is 1.14. The van der Waals surface area contributed by atoms with Crippen molar-refractivity contribution in [2.45, 2.75) is 56.7 Å². The van der Waals surface area contributed by atoms with Gasteiger partial charge in [-0.1, -0.05) is 12.8 Å². The van der Waals surface area contributed by atoms with Crippen molar-refractivity contribution in [2.75, 3.05) is 6.54 Å². The van der Waals surface area contributed by atoms with E-state index in [0.29, 0.717) is 12.0 Å². The molecule has 1 saturated carbocycles. The first-order valence-corrected chi connectivity index (χ1v) is 6.90. The van der Waals surface area contributed by atoms with Gasteiger partial charge in [-0.05, 0) is 31.6 Å². The number of nitrogens with zero attached hydrogens (tertiary/aromatic N) is 2. The summed E-state index contributed by atoms with van der Waals surface area (Å²) in [6.45, 7) is 0.801. The van der Waals surface area contributed by atoms with E-state index < -0.39 is 0 Å². The van der Waals surface area contributed by atoms with Crippen molar-refractivity contribution >= 4 is 11.8 Å². The molecule has 0 N–H and O–H groups in total. The number of rotatable bonds is 0. The summed E-state index contributed by atoms with van der Waals surface area (Å²) in [6, 6.07) is 0.180. The number of hydrogen-bond donors (Lipinski definition) is 0. The Kier molecular flexibility index (Phi) is 1.89. The first kappa shape index (κ1) is 9.92. The van der Waals surface area contributed by atoms with E-state index in [4.69, 9.17) is 0 Å². The molecule has 4 rings (SSSR count). The summed E-state index contributed by atoms with van der Waals surface area (Å²) in [6.07, 6.45) is 6.64. The SMILES string of the molecule is O=C1[C@@H]2C[C@@H]3CCCC[C@@H]3N2C(=O)[C@@H]2CCN12. The van der Waals surface area contributed by atoms with Crippen molar-refractivity contribution < 1.29 is 9.59 Å². The van der Waals surface area contributed by atoms with Gasteiger partial charge in [0.25, 0.3) is 0 Å². The van der Waals surface area contributed by atoms with Gasteiger partial charge in [-0.15, -0.1) is 0 Å². The minimum atomic E-state index is -0.104. The molecule has 1 aliphatic carbocycles. The van der Waals surface area contributed by atoms with E-state index in [9.17, 15) is 9.59 Å². The summed E-state index contributed by atoms with van der Waals surface area (Å²) in [7, 11) is 0. The zero-order valence-corrected chi connectivity index (χ0v) is 9.97. The summed E-state index contributed by atoms with van der Waals surface area (Å²) in [5.41, 5.74) is 0. The van der Waals surface area contributed by atoms with Crippen molar-refractivity contribution in [2.24, 2.45) is 5.92 Å². The monoisotopic (exact) mass is 234 g/mol.